The third kappa shape index (κ3) is 5.45. The Morgan fingerprint density at radius 1 is 1.00 bits per heavy atom. The van der Waals surface area contributed by atoms with Crippen LogP contribution in [0.4, 0.5) is 0 Å². The fourth-order valence-electron chi connectivity index (χ4n) is 3.06. The number of aryl methyl sites for hydroxylation is 1. The second kappa shape index (κ2) is 9.57. The standard InChI is InChI=1S/C22H27N5/c1-3-23-22(24-14-18-15-26-27(2)17-18)25-16-21(19-10-6-4-7-11-19)20-12-8-5-9-13-20/h4-13,15,17,21H,3,14,16H2,1-2H3,(H2,23,24,25). The monoisotopic (exact) mass is 361 g/mol. The maximum atomic E-state index is 4.70. The Kier molecular flexibility index (Phi) is 6.63. The minimum absolute atomic E-state index is 0.259. The van der Waals surface area contributed by atoms with Crippen molar-refractivity contribution in [3.63, 3.8) is 0 Å². The number of nitrogens with zero attached hydrogens (tertiary/aromatic N) is 3. The minimum atomic E-state index is 0.259. The van der Waals surface area contributed by atoms with Crippen LogP contribution in [0.15, 0.2) is 78.0 Å². The van der Waals surface area contributed by atoms with Gasteiger partial charge in [-0.2, -0.15) is 5.10 Å². The lowest BCUT2D eigenvalue weighted by Gasteiger charge is -2.20. The fourth-order valence-corrected chi connectivity index (χ4v) is 3.06. The second-order valence-corrected chi connectivity index (χ2v) is 6.47. The Bertz CT molecular complexity index is 800. The van der Waals surface area contributed by atoms with Gasteiger partial charge in [0.25, 0.3) is 0 Å². The molecule has 0 radical (unpaired) electrons. The van der Waals surface area contributed by atoms with Gasteiger partial charge in [-0.05, 0) is 18.1 Å². The quantitative estimate of drug-likeness (QED) is 0.501. The number of rotatable bonds is 7. The molecule has 140 valence electrons. The summed E-state index contributed by atoms with van der Waals surface area (Å²) in [6.45, 7) is 4.27. The van der Waals surface area contributed by atoms with Crippen LogP contribution in [0, 0.1) is 0 Å². The van der Waals surface area contributed by atoms with E-state index in [0.29, 0.717) is 6.54 Å². The first kappa shape index (κ1) is 18.7. The van der Waals surface area contributed by atoms with E-state index in [1.165, 1.54) is 11.1 Å². The van der Waals surface area contributed by atoms with Gasteiger partial charge in [0.05, 0.1) is 12.7 Å². The summed E-state index contributed by atoms with van der Waals surface area (Å²) in [5.74, 6) is 1.08. The summed E-state index contributed by atoms with van der Waals surface area (Å²) in [6, 6.07) is 21.2. The molecule has 0 atom stereocenters. The van der Waals surface area contributed by atoms with Crippen LogP contribution < -0.4 is 10.6 Å². The second-order valence-electron chi connectivity index (χ2n) is 6.47. The molecule has 1 heterocycles. The van der Waals surface area contributed by atoms with E-state index < -0.39 is 0 Å². The Morgan fingerprint density at radius 2 is 1.63 bits per heavy atom. The lowest BCUT2D eigenvalue weighted by Crippen LogP contribution is -2.39. The largest absolute Gasteiger partial charge is 0.357 e. The van der Waals surface area contributed by atoms with E-state index in [0.717, 1.165) is 24.6 Å². The molecule has 5 nitrogen and oxygen atoms in total. The Hall–Kier alpha value is -3.08. The van der Waals surface area contributed by atoms with E-state index in [1.807, 2.05) is 19.4 Å². The third-order valence-electron chi connectivity index (χ3n) is 4.40. The molecule has 0 bridgehead atoms. The molecular weight excluding hydrogens is 334 g/mol. The van der Waals surface area contributed by atoms with Crippen LogP contribution in [-0.4, -0.2) is 28.8 Å². The molecule has 0 amide bonds. The third-order valence-corrected chi connectivity index (χ3v) is 4.40. The molecule has 0 saturated carbocycles. The first-order valence-corrected chi connectivity index (χ1v) is 9.36. The number of benzene rings is 2. The van der Waals surface area contributed by atoms with Gasteiger partial charge in [0.2, 0.25) is 0 Å². The van der Waals surface area contributed by atoms with Gasteiger partial charge >= 0.3 is 0 Å². The SMILES string of the molecule is CCNC(=NCc1cnn(C)c1)NCC(c1ccccc1)c1ccccc1. The van der Waals surface area contributed by atoms with Crippen LogP contribution in [0.5, 0.6) is 0 Å². The molecule has 5 heteroatoms. The van der Waals surface area contributed by atoms with E-state index >= 15 is 0 Å². The summed E-state index contributed by atoms with van der Waals surface area (Å²) in [5, 5.41) is 11.0. The number of nitrogens with one attached hydrogen (secondary N) is 2. The van der Waals surface area contributed by atoms with Crippen LogP contribution in [0.3, 0.4) is 0 Å². The predicted molar refractivity (Wildman–Crippen MR) is 111 cm³/mol. The number of hydrogen-bond acceptors (Lipinski definition) is 2. The summed E-state index contributed by atoms with van der Waals surface area (Å²) in [5.41, 5.74) is 3.68. The van der Waals surface area contributed by atoms with Gasteiger partial charge in [0, 0.05) is 37.8 Å². The summed E-state index contributed by atoms with van der Waals surface area (Å²) < 4.78 is 1.80. The van der Waals surface area contributed by atoms with Crippen molar-refractivity contribution in [3.8, 4) is 0 Å². The number of aliphatic imine (C=N–C) groups is 1. The summed E-state index contributed by atoms with van der Waals surface area (Å²) in [4.78, 5) is 4.70. The van der Waals surface area contributed by atoms with E-state index in [-0.39, 0.29) is 5.92 Å². The zero-order valence-corrected chi connectivity index (χ0v) is 16.0. The average molecular weight is 361 g/mol. The van der Waals surface area contributed by atoms with Crippen molar-refractivity contribution in [2.24, 2.45) is 12.0 Å². The molecule has 0 spiro atoms. The molecule has 2 N–H and O–H groups in total. The predicted octanol–water partition coefficient (Wildman–Crippen LogP) is 3.31. The molecule has 3 rings (SSSR count). The van der Waals surface area contributed by atoms with Gasteiger partial charge in [0.1, 0.15) is 0 Å². The molecule has 0 aliphatic carbocycles. The first-order valence-electron chi connectivity index (χ1n) is 9.36. The molecule has 2 aromatic carbocycles. The van der Waals surface area contributed by atoms with Crippen molar-refractivity contribution in [2.45, 2.75) is 19.4 Å². The minimum Gasteiger partial charge on any atom is -0.357 e. The van der Waals surface area contributed by atoms with Gasteiger partial charge in [-0.3, -0.25) is 4.68 Å². The molecule has 27 heavy (non-hydrogen) atoms. The maximum absolute atomic E-state index is 4.70. The van der Waals surface area contributed by atoms with Gasteiger partial charge in [-0.15, -0.1) is 0 Å². The van der Waals surface area contributed by atoms with Crippen molar-refractivity contribution in [1.29, 1.82) is 0 Å². The Morgan fingerprint density at radius 3 is 2.15 bits per heavy atom. The van der Waals surface area contributed by atoms with E-state index in [9.17, 15) is 0 Å². The Labute approximate surface area is 161 Å². The van der Waals surface area contributed by atoms with E-state index in [2.05, 4.69) is 83.3 Å². The van der Waals surface area contributed by atoms with E-state index in [4.69, 9.17) is 4.99 Å². The highest BCUT2D eigenvalue weighted by Crippen LogP contribution is 2.23. The van der Waals surface area contributed by atoms with Crippen molar-refractivity contribution < 1.29 is 0 Å². The summed E-state index contributed by atoms with van der Waals surface area (Å²) >= 11 is 0. The summed E-state index contributed by atoms with van der Waals surface area (Å²) in [6.07, 6.45) is 3.84. The molecule has 0 aliphatic heterocycles. The average Bonchev–Trinajstić information content (AvgIpc) is 3.13. The number of guanidine groups is 1. The topological polar surface area (TPSA) is 54.2 Å². The van der Waals surface area contributed by atoms with Crippen molar-refractivity contribution in [3.05, 3.63) is 89.7 Å². The van der Waals surface area contributed by atoms with Crippen LogP contribution in [0.2, 0.25) is 0 Å². The highest BCUT2D eigenvalue weighted by Gasteiger charge is 2.14. The number of aromatic nitrogens is 2. The van der Waals surface area contributed by atoms with Gasteiger partial charge in [-0.1, -0.05) is 60.7 Å². The molecular formula is C22H27N5. The molecule has 1 aromatic heterocycles. The molecule has 0 aliphatic rings. The highest BCUT2D eigenvalue weighted by molar-refractivity contribution is 5.79. The number of hydrogen-bond donors (Lipinski definition) is 2. The fraction of sp³-hybridized carbons (Fsp3) is 0.273. The lowest BCUT2D eigenvalue weighted by molar-refractivity contribution is 0.729. The zero-order valence-electron chi connectivity index (χ0n) is 16.0. The highest BCUT2D eigenvalue weighted by atomic mass is 15.2. The van der Waals surface area contributed by atoms with Gasteiger partial charge < -0.3 is 10.6 Å². The van der Waals surface area contributed by atoms with Crippen LogP contribution in [0.25, 0.3) is 0 Å². The Balaban J connectivity index is 1.73. The maximum Gasteiger partial charge on any atom is 0.191 e. The zero-order chi connectivity index (χ0) is 18.9. The molecule has 0 saturated heterocycles. The smallest absolute Gasteiger partial charge is 0.191 e. The molecule has 3 aromatic rings. The van der Waals surface area contributed by atoms with Crippen LogP contribution in [-0.2, 0) is 13.6 Å². The lowest BCUT2D eigenvalue weighted by atomic mass is 9.91. The van der Waals surface area contributed by atoms with Crippen molar-refractivity contribution in [2.75, 3.05) is 13.1 Å². The first-order chi connectivity index (χ1) is 13.3. The van der Waals surface area contributed by atoms with Crippen LogP contribution >= 0.6 is 0 Å². The van der Waals surface area contributed by atoms with Crippen molar-refractivity contribution >= 4 is 5.96 Å². The summed E-state index contributed by atoms with van der Waals surface area (Å²) in [7, 11) is 1.92. The van der Waals surface area contributed by atoms with Crippen LogP contribution in [0.1, 0.15) is 29.5 Å². The molecule has 0 unspecified atom stereocenters. The van der Waals surface area contributed by atoms with Gasteiger partial charge in [0.15, 0.2) is 5.96 Å². The normalized spacial score (nSPS) is 11.6. The van der Waals surface area contributed by atoms with E-state index in [1.54, 1.807) is 4.68 Å². The van der Waals surface area contributed by atoms with Crippen molar-refractivity contribution in [1.82, 2.24) is 20.4 Å². The van der Waals surface area contributed by atoms with Gasteiger partial charge in [-0.25, -0.2) is 4.99 Å². The molecule has 0 fully saturated rings.